The number of benzene rings is 1. The number of methoxy groups -OCH3 is 2. The third kappa shape index (κ3) is 3.62. The van der Waals surface area contributed by atoms with E-state index < -0.39 is 0 Å². The van der Waals surface area contributed by atoms with Gasteiger partial charge in [-0.15, -0.1) is 12.4 Å². The molecule has 0 aromatic heterocycles. The highest BCUT2D eigenvalue weighted by Gasteiger charge is 2.45. The molecule has 3 atom stereocenters. The number of carbonyl (C=O) groups is 1. The summed E-state index contributed by atoms with van der Waals surface area (Å²) in [6.07, 6.45) is 1.02. The molecular weight excluding hydrogens is 316 g/mol. The fourth-order valence-corrected chi connectivity index (χ4v) is 3.85. The molecule has 1 amide bonds. The van der Waals surface area contributed by atoms with E-state index in [-0.39, 0.29) is 24.9 Å². The summed E-state index contributed by atoms with van der Waals surface area (Å²) < 4.78 is 10.3. The van der Waals surface area contributed by atoms with Gasteiger partial charge in [0.1, 0.15) is 12.4 Å². The topological polar surface area (TPSA) is 50.8 Å². The van der Waals surface area contributed by atoms with Gasteiger partial charge in [-0.25, -0.2) is 0 Å². The van der Waals surface area contributed by atoms with Crippen molar-refractivity contribution in [1.29, 1.82) is 0 Å². The third-order valence-electron chi connectivity index (χ3n) is 4.93. The Morgan fingerprint density at radius 3 is 2.70 bits per heavy atom. The summed E-state index contributed by atoms with van der Waals surface area (Å²) in [5, 5.41) is 3.48. The fraction of sp³-hybridized carbons (Fsp3) is 0.588. The molecule has 128 valence electrons. The second-order valence-electron chi connectivity index (χ2n) is 6.08. The van der Waals surface area contributed by atoms with Crippen molar-refractivity contribution in [3.8, 4) is 5.75 Å². The van der Waals surface area contributed by atoms with Crippen LogP contribution in [0.2, 0.25) is 0 Å². The van der Waals surface area contributed by atoms with E-state index >= 15 is 0 Å². The van der Waals surface area contributed by atoms with E-state index in [1.165, 1.54) is 5.56 Å². The molecule has 2 aliphatic heterocycles. The number of nitrogens with zero attached hydrogens (tertiary/aromatic N) is 1. The summed E-state index contributed by atoms with van der Waals surface area (Å²) in [6, 6.07) is 8.58. The van der Waals surface area contributed by atoms with Gasteiger partial charge in [-0.05, 0) is 30.7 Å². The molecular formula is C17H25ClN2O3. The number of hydrogen-bond acceptors (Lipinski definition) is 4. The molecule has 1 N–H and O–H groups in total. The van der Waals surface area contributed by atoms with E-state index in [1.54, 1.807) is 14.2 Å². The molecule has 5 nitrogen and oxygen atoms in total. The number of hydrogen-bond donors (Lipinski definition) is 1. The Kier molecular flexibility index (Phi) is 6.27. The van der Waals surface area contributed by atoms with E-state index in [9.17, 15) is 4.79 Å². The molecule has 1 aromatic rings. The molecule has 0 saturated carbocycles. The van der Waals surface area contributed by atoms with Crippen LogP contribution in [-0.2, 0) is 9.53 Å². The van der Waals surface area contributed by atoms with Crippen LogP contribution >= 0.6 is 12.4 Å². The molecule has 2 aliphatic rings. The normalized spacial score (nSPS) is 26.3. The molecule has 0 bridgehead atoms. The minimum atomic E-state index is 0. The van der Waals surface area contributed by atoms with Crippen molar-refractivity contribution in [3.05, 3.63) is 29.8 Å². The van der Waals surface area contributed by atoms with Gasteiger partial charge in [-0.2, -0.15) is 0 Å². The van der Waals surface area contributed by atoms with Crippen molar-refractivity contribution in [2.45, 2.75) is 18.4 Å². The van der Waals surface area contributed by atoms with Crippen molar-refractivity contribution in [3.63, 3.8) is 0 Å². The molecule has 6 heteroatoms. The molecule has 0 aliphatic carbocycles. The number of amides is 1. The van der Waals surface area contributed by atoms with Crippen molar-refractivity contribution < 1.29 is 14.3 Å². The number of fused-ring (bicyclic) bond motifs is 1. The summed E-state index contributed by atoms with van der Waals surface area (Å²) in [7, 11) is 3.26. The highest BCUT2D eigenvalue weighted by atomic mass is 35.5. The molecule has 2 heterocycles. The van der Waals surface area contributed by atoms with Crippen molar-refractivity contribution >= 4 is 18.3 Å². The van der Waals surface area contributed by atoms with Crippen LogP contribution in [0.3, 0.4) is 0 Å². The first-order chi connectivity index (χ1) is 10.7. The number of ether oxygens (including phenoxy) is 2. The zero-order valence-corrected chi connectivity index (χ0v) is 14.5. The maximum absolute atomic E-state index is 12.3. The third-order valence-corrected chi connectivity index (χ3v) is 4.93. The van der Waals surface area contributed by atoms with Crippen LogP contribution in [0.5, 0.6) is 5.75 Å². The molecule has 1 aromatic carbocycles. The average molecular weight is 341 g/mol. The number of rotatable bonds is 4. The van der Waals surface area contributed by atoms with Crippen LogP contribution in [-0.4, -0.2) is 57.3 Å². The minimum absolute atomic E-state index is 0. The summed E-state index contributed by atoms with van der Waals surface area (Å²) >= 11 is 0. The maximum Gasteiger partial charge on any atom is 0.248 e. The van der Waals surface area contributed by atoms with Crippen LogP contribution in [0.15, 0.2) is 24.3 Å². The van der Waals surface area contributed by atoms with E-state index in [1.807, 2.05) is 17.0 Å². The smallest absolute Gasteiger partial charge is 0.248 e. The van der Waals surface area contributed by atoms with Crippen molar-refractivity contribution in [2.75, 3.05) is 40.5 Å². The highest BCUT2D eigenvalue weighted by Crippen LogP contribution is 2.40. The van der Waals surface area contributed by atoms with E-state index in [0.29, 0.717) is 17.9 Å². The Hall–Kier alpha value is -1.30. The van der Waals surface area contributed by atoms with E-state index in [2.05, 4.69) is 17.4 Å². The van der Waals surface area contributed by atoms with Crippen LogP contribution in [0.25, 0.3) is 0 Å². The van der Waals surface area contributed by atoms with Gasteiger partial charge in [0.05, 0.1) is 7.11 Å². The molecule has 3 rings (SSSR count). The summed E-state index contributed by atoms with van der Waals surface area (Å²) in [5.41, 5.74) is 1.28. The average Bonchev–Trinajstić information content (AvgIpc) is 2.95. The monoisotopic (exact) mass is 340 g/mol. The zero-order chi connectivity index (χ0) is 15.5. The Bertz CT molecular complexity index is 523. The lowest BCUT2D eigenvalue weighted by Gasteiger charge is -2.33. The largest absolute Gasteiger partial charge is 0.497 e. The van der Waals surface area contributed by atoms with Crippen LogP contribution in [0.4, 0.5) is 0 Å². The molecule has 0 spiro atoms. The lowest BCUT2D eigenvalue weighted by molar-refractivity contribution is -0.136. The number of carbonyl (C=O) groups excluding carboxylic acids is 1. The SMILES string of the molecule is COCC(=O)N1C[C@H](c2ccc(OC)cc2)[C@H]2CNCC[C@H]21.Cl. The quantitative estimate of drug-likeness (QED) is 0.906. The van der Waals surface area contributed by atoms with Crippen LogP contribution in [0, 0.1) is 5.92 Å². The highest BCUT2D eigenvalue weighted by molar-refractivity contribution is 5.85. The predicted octanol–water partition coefficient (Wildman–Crippen LogP) is 1.67. The first kappa shape index (κ1) is 18.0. The summed E-state index contributed by atoms with van der Waals surface area (Å²) in [4.78, 5) is 14.4. The van der Waals surface area contributed by atoms with Gasteiger partial charge in [-0.1, -0.05) is 12.1 Å². The second kappa shape index (κ2) is 7.99. The Morgan fingerprint density at radius 1 is 1.30 bits per heavy atom. The Balaban J connectivity index is 0.00000192. The number of nitrogens with one attached hydrogen (secondary N) is 1. The fourth-order valence-electron chi connectivity index (χ4n) is 3.85. The van der Waals surface area contributed by atoms with Gasteiger partial charge < -0.3 is 19.7 Å². The van der Waals surface area contributed by atoms with E-state index in [0.717, 1.165) is 31.8 Å². The van der Waals surface area contributed by atoms with Crippen molar-refractivity contribution in [1.82, 2.24) is 10.2 Å². The van der Waals surface area contributed by atoms with Gasteiger partial charge >= 0.3 is 0 Å². The number of halogens is 1. The summed E-state index contributed by atoms with van der Waals surface area (Å²) in [6.45, 7) is 2.91. The molecule has 23 heavy (non-hydrogen) atoms. The lowest BCUT2D eigenvalue weighted by Crippen LogP contribution is -2.46. The molecule has 0 radical (unpaired) electrons. The minimum Gasteiger partial charge on any atom is -0.497 e. The van der Waals surface area contributed by atoms with Gasteiger partial charge in [0.25, 0.3) is 0 Å². The summed E-state index contributed by atoms with van der Waals surface area (Å²) in [5.74, 6) is 1.83. The molecule has 2 saturated heterocycles. The van der Waals surface area contributed by atoms with Crippen molar-refractivity contribution in [2.24, 2.45) is 5.92 Å². The van der Waals surface area contributed by atoms with Gasteiger partial charge in [0, 0.05) is 38.1 Å². The predicted molar refractivity (Wildman–Crippen MR) is 91.3 cm³/mol. The number of piperidine rings is 1. The standard InChI is InChI=1S/C17H24N2O3.ClH/c1-21-11-17(20)19-10-15(14-9-18-8-7-16(14)19)12-3-5-13(22-2)6-4-12;/h3-6,14-16,18H,7-11H2,1-2H3;1H/t14-,15-,16-;/m1./s1. The second-order valence-corrected chi connectivity index (χ2v) is 6.08. The first-order valence-corrected chi connectivity index (χ1v) is 7.87. The molecule has 2 fully saturated rings. The van der Waals surface area contributed by atoms with Gasteiger partial charge in [0.2, 0.25) is 5.91 Å². The van der Waals surface area contributed by atoms with Crippen LogP contribution < -0.4 is 10.1 Å². The zero-order valence-electron chi connectivity index (χ0n) is 13.7. The van der Waals surface area contributed by atoms with Crippen LogP contribution in [0.1, 0.15) is 17.9 Å². The Morgan fingerprint density at radius 2 is 2.04 bits per heavy atom. The lowest BCUT2D eigenvalue weighted by atomic mass is 9.82. The van der Waals surface area contributed by atoms with Gasteiger partial charge in [-0.3, -0.25) is 4.79 Å². The van der Waals surface area contributed by atoms with E-state index in [4.69, 9.17) is 9.47 Å². The molecule has 0 unspecified atom stereocenters. The first-order valence-electron chi connectivity index (χ1n) is 7.87. The van der Waals surface area contributed by atoms with Gasteiger partial charge in [0.15, 0.2) is 0 Å². The number of likely N-dealkylation sites (tertiary alicyclic amines) is 1. The Labute approximate surface area is 143 Å². The maximum atomic E-state index is 12.3.